The Balaban J connectivity index is 1.77. The first kappa shape index (κ1) is 19.1. The zero-order chi connectivity index (χ0) is 20.0. The van der Waals surface area contributed by atoms with Crippen LogP contribution in [0.2, 0.25) is 15.3 Å². The standard InChI is InChI=1S/C22H14AsCl2N3S/c23-6-5-13-3-4-20(17(25)8-13)28-12-27-19-11-26-18-10-16(24)14(9-15(18)22(19)28)21-2-1-7-29-21/h1-4,7-12H,5-6H2. The van der Waals surface area contributed by atoms with Crippen molar-refractivity contribution in [2.45, 2.75) is 11.6 Å². The summed E-state index contributed by atoms with van der Waals surface area (Å²) in [5, 5.41) is 5.48. The molecule has 0 saturated carbocycles. The predicted molar refractivity (Wildman–Crippen MR) is 124 cm³/mol. The summed E-state index contributed by atoms with van der Waals surface area (Å²) < 4.78 is 2.04. The van der Waals surface area contributed by atoms with E-state index in [-0.39, 0.29) is 0 Å². The summed E-state index contributed by atoms with van der Waals surface area (Å²) in [7, 11) is 0. The van der Waals surface area contributed by atoms with Gasteiger partial charge in [0.2, 0.25) is 0 Å². The van der Waals surface area contributed by atoms with E-state index in [2.05, 4.69) is 56.5 Å². The Hall–Kier alpha value is -1.84. The first-order chi connectivity index (χ1) is 14.2. The fourth-order valence-corrected chi connectivity index (χ4v) is 5.46. The third kappa shape index (κ3) is 3.38. The van der Waals surface area contributed by atoms with Crippen LogP contribution in [0.5, 0.6) is 0 Å². The van der Waals surface area contributed by atoms with E-state index in [1.807, 2.05) is 29.1 Å². The molecular weight excluding hydrogens is 484 g/mol. The molecule has 0 fully saturated rings. The number of imidazole rings is 1. The molecule has 2 aromatic carbocycles. The van der Waals surface area contributed by atoms with E-state index in [1.54, 1.807) is 17.5 Å². The Kier molecular flexibility index (Phi) is 5.13. The Bertz CT molecular complexity index is 1350. The third-order valence-electron chi connectivity index (χ3n) is 4.92. The van der Waals surface area contributed by atoms with Gasteiger partial charge in [-0.3, -0.25) is 0 Å². The van der Waals surface area contributed by atoms with Crippen LogP contribution in [0.1, 0.15) is 5.56 Å². The first-order valence-corrected chi connectivity index (χ1v) is 12.0. The molecule has 0 atom stereocenters. The molecular formula is C22H14AsCl2N3S. The van der Waals surface area contributed by atoms with Gasteiger partial charge in [-0.1, -0.05) is 17.7 Å². The summed E-state index contributed by atoms with van der Waals surface area (Å²) in [6, 6.07) is 14.3. The Labute approximate surface area is 190 Å². The molecule has 7 heteroatoms. The number of hydrogen-bond acceptors (Lipinski definition) is 3. The van der Waals surface area contributed by atoms with Gasteiger partial charge in [-0.2, -0.15) is 0 Å². The Morgan fingerprint density at radius 2 is 1.90 bits per heavy atom. The number of hydrogen-bond donors (Lipinski definition) is 0. The maximum atomic E-state index is 6.66. The van der Waals surface area contributed by atoms with Crippen molar-refractivity contribution in [2.24, 2.45) is 0 Å². The second-order valence-electron chi connectivity index (χ2n) is 6.69. The van der Waals surface area contributed by atoms with Crippen molar-refractivity contribution in [3.8, 4) is 16.1 Å². The molecule has 0 unspecified atom stereocenters. The van der Waals surface area contributed by atoms with Gasteiger partial charge < -0.3 is 0 Å². The number of halogens is 2. The van der Waals surface area contributed by atoms with E-state index < -0.39 is 0 Å². The van der Waals surface area contributed by atoms with Gasteiger partial charge in [-0.25, -0.2) is 0 Å². The summed E-state index contributed by atoms with van der Waals surface area (Å²) in [5.74, 6) is 0. The van der Waals surface area contributed by atoms with Crippen molar-refractivity contribution in [3.05, 3.63) is 76.0 Å². The summed E-state index contributed by atoms with van der Waals surface area (Å²) in [6.45, 7) is 0. The van der Waals surface area contributed by atoms with Crippen LogP contribution in [-0.4, -0.2) is 31.4 Å². The second kappa shape index (κ2) is 7.77. The van der Waals surface area contributed by atoms with Crippen LogP contribution in [-0.2, 0) is 6.42 Å². The van der Waals surface area contributed by atoms with Gasteiger partial charge in [-0.05, 0) is 11.4 Å². The van der Waals surface area contributed by atoms with Gasteiger partial charge in [0.25, 0.3) is 0 Å². The van der Waals surface area contributed by atoms with Crippen LogP contribution >= 0.6 is 34.5 Å². The molecule has 0 amide bonds. The summed E-state index contributed by atoms with van der Waals surface area (Å²) >= 11 is 17.5. The smallest absolute Gasteiger partial charge is 0.144 e. The van der Waals surface area contributed by atoms with E-state index in [9.17, 15) is 0 Å². The molecule has 0 aliphatic heterocycles. The average Bonchev–Trinajstić information content (AvgIpc) is 3.38. The topological polar surface area (TPSA) is 30.7 Å². The monoisotopic (exact) mass is 497 g/mol. The molecule has 0 spiro atoms. The minimum atomic E-state index is 0.693. The zero-order valence-corrected chi connectivity index (χ0v) is 19.3. The summed E-state index contributed by atoms with van der Waals surface area (Å²) in [6.07, 6.45) is 4.58. The van der Waals surface area contributed by atoms with E-state index in [4.69, 9.17) is 23.2 Å². The van der Waals surface area contributed by atoms with Crippen LogP contribution in [0.25, 0.3) is 38.1 Å². The molecule has 3 aromatic heterocycles. The molecule has 3 nitrogen and oxygen atoms in total. The summed E-state index contributed by atoms with van der Waals surface area (Å²) in [4.78, 5) is 10.3. The number of aryl methyl sites for hydroxylation is 1. The van der Waals surface area contributed by atoms with E-state index in [1.165, 1.54) is 5.56 Å². The molecule has 0 saturated heterocycles. The van der Waals surface area contributed by atoms with Gasteiger partial charge in [0.1, 0.15) is 0 Å². The number of fused-ring (bicyclic) bond motifs is 3. The fraction of sp³-hybridized carbons (Fsp3) is 0.0909. The van der Waals surface area contributed by atoms with Crippen molar-refractivity contribution < 1.29 is 0 Å². The maximum absolute atomic E-state index is 6.66. The second-order valence-corrected chi connectivity index (χ2v) is 9.39. The molecule has 5 aromatic rings. The molecule has 0 bridgehead atoms. The van der Waals surface area contributed by atoms with Crippen molar-refractivity contribution >= 4 is 73.3 Å². The average molecular weight is 498 g/mol. The van der Waals surface area contributed by atoms with E-state index >= 15 is 0 Å². The van der Waals surface area contributed by atoms with Gasteiger partial charge in [-0.15, -0.1) is 11.3 Å². The first-order valence-electron chi connectivity index (χ1n) is 9.04. The molecule has 2 radical (unpaired) electrons. The number of thiophene rings is 1. The number of pyridine rings is 1. The molecule has 0 aliphatic carbocycles. The van der Waals surface area contributed by atoms with Crippen molar-refractivity contribution in [2.75, 3.05) is 0 Å². The van der Waals surface area contributed by atoms with Crippen LogP contribution < -0.4 is 0 Å². The zero-order valence-electron chi connectivity index (χ0n) is 15.1. The number of rotatable bonds is 4. The van der Waals surface area contributed by atoms with Gasteiger partial charge in [0, 0.05) is 0 Å². The molecule has 0 N–H and O–H groups in total. The van der Waals surface area contributed by atoms with Crippen LogP contribution in [0.3, 0.4) is 0 Å². The minimum absolute atomic E-state index is 0.693. The number of nitrogens with zero attached hydrogens (tertiary/aromatic N) is 3. The van der Waals surface area contributed by atoms with Crippen LogP contribution in [0.15, 0.2) is 60.4 Å². The number of benzene rings is 2. The molecule has 5 rings (SSSR count). The molecule has 3 heterocycles. The van der Waals surface area contributed by atoms with E-state index in [0.29, 0.717) is 10.0 Å². The predicted octanol–water partition coefficient (Wildman–Crippen LogP) is 6.74. The number of aromatic nitrogens is 3. The Morgan fingerprint density at radius 3 is 2.66 bits per heavy atom. The van der Waals surface area contributed by atoms with Gasteiger partial charge in [0.15, 0.2) is 0 Å². The quantitative estimate of drug-likeness (QED) is 0.257. The third-order valence-corrected chi connectivity index (χ3v) is 6.91. The molecule has 0 aliphatic rings. The van der Waals surface area contributed by atoms with Crippen LogP contribution in [0, 0.1) is 0 Å². The van der Waals surface area contributed by atoms with Gasteiger partial charge in [0.05, 0.1) is 0 Å². The van der Waals surface area contributed by atoms with Gasteiger partial charge >= 0.3 is 151 Å². The summed E-state index contributed by atoms with van der Waals surface area (Å²) in [5.41, 5.74) is 5.76. The fourth-order valence-electron chi connectivity index (χ4n) is 3.55. The molecule has 29 heavy (non-hydrogen) atoms. The van der Waals surface area contributed by atoms with Crippen molar-refractivity contribution in [1.29, 1.82) is 0 Å². The SMILES string of the molecule is Clc1cc2ncc3ncn(-c4ccc(CC[As])cc4Cl)c3c2cc1-c1cccs1. The van der Waals surface area contributed by atoms with Crippen molar-refractivity contribution in [1.82, 2.24) is 14.5 Å². The molecule has 142 valence electrons. The van der Waals surface area contributed by atoms with Crippen molar-refractivity contribution in [3.63, 3.8) is 0 Å². The van der Waals surface area contributed by atoms with E-state index in [0.717, 1.165) is 49.7 Å². The van der Waals surface area contributed by atoms with Crippen LogP contribution in [0.4, 0.5) is 0 Å². The minimum Gasteiger partial charge on any atom is -0.144 e. The normalized spacial score (nSPS) is 11.6. The Morgan fingerprint density at radius 1 is 1.00 bits per heavy atom.